The number of hydrogen-bond acceptors (Lipinski definition) is 4. The Kier molecular flexibility index (Phi) is 7.84. The van der Waals surface area contributed by atoms with E-state index in [-0.39, 0.29) is 28.4 Å². The Labute approximate surface area is 166 Å². The van der Waals surface area contributed by atoms with Crippen molar-refractivity contribution >= 4 is 46.4 Å². The van der Waals surface area contributed by atoms with Crippen LogP contribution in [0.25, 0.3) is 0 Å². The van der Waals surface area contributed by atoms with Gasteiger partial charge in [0.15, 0.2) is 0 Å². The minimum atomic E-state index is -0.561. The predicted molar refractivity (Wildman–Crippen MR) is 104 cm³/mol. The first-order valence-corrected chi connectivity index (χ1v) is 8.71. The fourth-order valence-electron chi connectivity index (χ4n) is 2.13. The van der Waals surface area contributed by atoms with Crippen molar-refractivity contribution in [3.05, 3.63) is 57.8 Å². The molecule has 0 fully saturated rings. The van der Waals surface area contributed by atoms with E-state index in [1.54, 1.807) is 25.3 Å². The third-order valence-corrected chi connectivity index (χ3v) is 4.06. The Morgan fingerprint density at radius 3 is 2.44 bits per heavy atom. The first-order valence-electron chi connectivity index (χ1n) is 7.96. The maximum atomic E-state index is 13.1. The number of anilines is 2. The van der Waals surface area contributed by atoms with E-state index < -0.39 is 5.82 Å². The molecule has 9 heteroatoms. The lowest BCUT2D eigenvalue weighted by Crippen LogP contribution is -2.27. The number of amides is 2. The molecule has 2 aromatic carbocycles. The molecule has 0 spiro atoms. The Hall–Kier alpha value is -2.35. The molecule has 0 aliphatic heterocycles. The Bertz CT molecular complexity index is 833. The molecule has 3 N–H and O–H groups in total. The smallest absolute Gasteiger partial charge is 0.252 e. The van der Waals surface area contributed by atoms with Gasteiger partial charge in [0.1, 0.15) is 5.82 Å². The highest BCUT2D eigenvalue weighted by molar-refractivity contribution is 6.34. The van der Waals surface area contributed by atoms with E-state index in [9.17, 15) is 14.0 Å². The van der Waals surface area contributed by atoms with Crippen molar-refractivity contribution in [2.75, 3.05) is 37.4 Å². The molecule has 0 unspecified atom stereocenters. The molecule has 0 saturated carbocycles. The number of carbonyl (C=O) groups excluding carboxylic acids is 2. The van der Waals surface area contributed by atoms with Crippen LogP contribution in [-0.2, 0) is 9.53 Å². The summed E-state index contributed by atoms with van der Waals surface area (Å²) in [6.45, 7) is 0.724. The molecule has 0 saturated heterocycles. The van der Waals surface area contributed by atoms with E-state index in [1.807, 2.05) is 0 Å². The molecule has 0 aliphatic rings. The fraction of sp³-hybridized carbons (Fsp3) is 0.222. The lowest BCUT2D eigenvalue weighted by molar-refractivity contribution is -0.114. The van der Waals surface area contributed by atoms with Gasteiger partial charge in [-0.1, -0.05) is 23.2 Å². The monoisotopic (exact) mass is 413 g/mol. The third-order valence-electron chi connectivity index (χ3n) is 3.46. The molecule has 6 nitrogen and oxygen atoms in total. The largest absolute Gasteiger partial charge is 0.383 e. The predicted octanol–water partition coefficient (Wildman–Crippen LogP) is 3.56. The van der Waals surface area contributed by atoms with Crippen LogP contribution in [0.1, 0.15) is 10.4 Å². The van der Waals surface area contributed by atoms with Crippen molar-refractivity contribution in [2.24, 2.45) is 0 Å². The number of methoxy groups -OCH3 is 1. The topological polar surface area (TPSA) is 79.5 Å². The van der Waals surface area contributed by atoms with Gasteiger partial charge in [-0.25, -0.2) is 4.39 Å². The quantitative estimate of drug-likeness (QED) is 0.578. The first kappa shape index (κ1) is 21.0. The molecule has 0 radical (unpaired) electrons. The summed E-state index contributed by atoms with van der Waals surface area (Å²) in [4.78, 5) is 24.0. The number of benzene rings is 2. The first-order chi connectivity index (χ1) is 12.9. The van der Waals surface area contributed by atoms with Crippen LogP contribution in [0.5, 0.6) is 0 Å². The van der Waals surface area contributed by atoms with Crippen molar-refractivity contribution < 1.29 is 18.7 Å². The SMILES string of the molecule is COCCNC(=O)c1ccc(NCC(=O)Nc2ccc(F)c(Cl)c2)cc1Cl. The second-order valence-corrected chi connectivity index (χ2v) is 6.29. The van der Waals surface area contributed by atoms with Gasteiger partial charge < -0.3 is 20.7 Å². The number of hydrogen-bond donors (Lipinski definition) is 3. The van der Waals surface area contributed by atoms with Crippen LogP contribution < -0.4 is 16.0 Å². The highest BCUT2D eigenvalue weighted by atomic mass is 35.5. The van der Waals surface area contributed by atoms with Crippen molar-refractivity contribution in [2.45, 2.75) is 0 Å². The minimum Gasteiger partial charge on any atom is -0.383 e. The van der Waals surface area contributed by atoms with E-state index in [0.717, 1.165) is 0 Å². The number of halogens is 3. The van der Waals surface area contributed by atoms with E-state index in [4.69, 9.17) is 27.9 Å². The van der Waals surface area contributed by atoms with Gasteiger partial charge in [0.2, 0.25) is 5.91 Å². The molecule has 2 rings (SSSR count). The maximum absolute atomic E-state index is 13.1. The van der Waals surface area contributed by atoms with Gasteiger partial charge in [-0.05, 0) is 36.4 Å². The molecular formula is C18H18Cl2FN3O3. The zero-order chi connectivity index (χ0) is 19.8. The molecular weight excluding hydrogens is 396 g/mol. The number of carbonyl (C=O) groups is 2. The van der Waals surface area contributed by atoms with Crippen molar-refractivity contribution in [1.82, 2.24) is 5.32 Å². The van der Waals surface area contributed by atoms with E-state index in [1.165, 1.54) is 18.2 Å². The number of rotatable bonds is 8. The second kappa shape index (κ2) is 10.1. The summed E-state index contributed by atoms with van der Waals surface area (Å²) in [6.07, 6.45) is 0. The molecule has 0 heterocycles. The average Bonchev–Trinajstić information content (AvgIpc) is 2.63. The zero-order valence-electron chi connectivity index (χ0n) is 14.4. The minimum absolute atomic E-state index is 0.0509. The lowest BCUT2D eigenvalue weighted by atomic mass is 10.2. The summed E-state index contributed by atoms with van der Waals surface area (Å²) in [5, 5.41) is 8.34. The summed E-state index contributed by atoms with van der Waals surface area (Å²) < 4.78 is 18.0. The Morgan fingerprint density at radius 2 is 1.78 bits per heavy atom. The van der Waals surface area contributed by atoms with Crippen LogP contribution in [0, 0.1) is 5.82 Å². The molecule has 27 heavy (non-hydrogen) atoms. The Balaban J connectivity index is 1.89. The third kappa shape index (κ3) is 6.39. The van der Waals surface area contributed by atoms with E-state index in [0.29, 0.717) is 30.1 Å². The molecule has 2 aromatic rings. The van der Waals surface area contributed by atoms with Crippen LogP contribution >= 0.6 is 23.2 Å². The summed E-state index contributed by atoms with van der Waals surface area (Å²) >= 11 is 11.8. The van der Waals surface area contributed by atoms with Crippen molar-refractivity contribution in [3.63, 3.8) is 0 Å². The maximum Gasteiger partial charge on any atom is 0.252 e. The molecule has 144 valence electrons. The summed E-state index contributed by atoms with van der Waals surface area (Å²) in [5.41, 5.74) is 1.28. The van der Waals surface area contributed by atoms with E-state index >= 15 is 0 Å². The number of nitrogens with one attached hydrogen (secondary N) is 3. The van der Waals surface area contributed by atoms with Gasteiger partial charge in [0, 0.05) is 25.0 Å². The second-order valence-electron chi connectivity index (χ2n) is 5.47. The zero-order valence-corrected chi connectivity index (χ0v) is 16.0. The van der Waals surface area contributed by atoms with Crippen LogP contribution in [-0.4, -0.2) is 38.6 Å². The molecule has 0 aromatic heterocycles. The molecule has 2 amide bonds. The van der Waals surface area contributed by atoms with Gasteiger partial charge in [0.25, 0.3) is 5.91 Å². The van der Waals surface area contributed by atoms with E-state index in [2.05, 4.69) is 16.0 Å². The normalized spacial score (nSPS) is 10.4. The Morgan fingerprint density at radius 1 is 1.07 bits per heavy atom. The average molecular weight is 414 g/mol. The highest BCUT2D eigenvalue weighted by Crippen LogP contribution is 2.21. The van der Waals surface area contributed by atoms with Crippen LogP contribution in [0.4, 0.5) is 15.8 Å². The van der Waals surface area contributed by atoms with Gasteiger partial charge in [-0.15, -0.1) is 0 Å². The van der Waals surface area contributed by atoms with Crippen LogP contribution in [0.15, 0.2) is 36.4 Å². The highest BCUT2D eigenvalue weighted by Gasteiger charge is 2.11. The van der Waals surface area contributed by atoms with Gasteiger partial charge in [-0.2, -0.15) is 0 Å². The summed E-state index contributed by atoms with van der Waals surface area (Å²) in [5.74, 6) is -1.22. The molecule has 0 aliphatic carbocycles. The van der Waals surface area contributed by atoms with Gasteiger partial charge >= 0.3 is 0 Å². The summed E-state index contributed by atoms with van der Waals surface area (Å²) in [6, 6.07) is 8.65. The van der Waals surface area contributed by atoms with Crippen LogP contribution in [0.2, 0.25) is 10.0 Å². The molecule has 0 atom stereocenters. The standard InChI is InChI=1S/C18H18Cl2FN3O3/c1-27-7-6-22-18(26)13-4-2-11(8-14(13)19)23-10-17(25)24-12-3-5-16(21)15(20)9-12/h2-5,8-9,23H,6-7,10H2,1H3,(H,22,26)(H,24,25). The summed E-state index contributed by atoms with van der Waals surface area (Å²) in [7, 11) is 1.54. The van der Waals surface area contributed by atoms with Crippen molar-refractivity contribution in [1.29, 1.82) is 0 Å². The van der Waals surface area contributed by atoms with Crippen molar-refractivity contribution in [3.8, 4) is 0 Å². The lowest BCUT2D eigenvalue weighted by Gasteiger charge is -2.11. The number of ether oxygens (including phenoxy) is 1. The molecule has 0 bridgehead atoms. The van der Waals surface area contributed by atoms with Gasteiger partial charge in [-0.3, -0.25) is 9.59 Å². The fourth-order valence-corrected chi connectivity index (χ4v) is 2.58. The van der Waals surface area contributed by atoms with Gasteiger partial charge in [0.05, 0.1) is 28.8 Å². The van der Waals surface area contributed by atoms with Crippen LogP contribution in [0.3, 0.4) is 0 Å².